The van der Waals surface area contributed by atoms with Crippen molar-refractivity contribution < 1.29 is 14.0 Å². The third-order valence-electron chi connectivity index (χ3n) is 3.65. The van der Waals surface area contributed by atoms with E-state index in [9.17, 15) is 4.79 Å². The molecule has 2 aromatic heterocycles. The molecule has 0 amide bonds. The number of hydrogen-bond acceptors (Lipinski definition) is 4. The molecule has 0 aliphatic heterocycles. The van der Waals surface area contributed by atoms with E-state index in [1.165, 1.54) is 12.7 Å². The van der Waals surface area contributed by atoms with E-state index in [1.54, 1.807) is 19.2 Å². The van der Waals surface area contributed by atoms with Crippen LogP contribution in [0.1, 0.15) is 11.4 Å². The fraction of sp³-hybridized carbons (Fsp3) is 0.235. The molecule has 0 spiro atoms. The summed E-state index contributed by atoms with van der Waals surface area (Å²) >= 11 is 0. The van der Waals surface area contributed by atoms with Gasteiger partial charge in [-0.25, -0.2) is 4.98 Å². The molecular formula is C17H18N3O3+. The zero-order chi connectivity index (χ0) is 16.4. The Labute approximate surface area is 133 Å². The number of aromatic amines is 1. The van der Waals surface area contributed by atoms with E-state index in [1.807, 2.05) is 36.0 Å². The fourth-order valence-corrected chi connectivity index (χ4v) is 2.40. The zero-order valence-electron chi connectivity index (χ0n) is 13.3. The lowest BCUT2D eigenvalue weighted by Gasteiger charge is -2.08. The second-order valence-electron chi connectivity index (χ2n) is 5.28. The van der Waals surface area contributed by atoms with E-state index in [0.29, 0.717) is 34.8 Å². The molecule has 1 aromatic carbocycles. The Hall–Kier alpha value is -2.89. The number of nitrogens with zero attached hydrogens (tertiary/aromatic N) is 2. The Morgan fingerprint density at radius 1 is 1.13 bits per heavy atom. The first-order valence-electron chi connectivity index (χ1n) is 7.21. The van der Waals surface area contributed by atoms with Crippen LogP contribution in [0.5, 0.6) is 11.5 Å². The van der Waals surface area contributed by atoms with Gasteiger partial charge in [-0.2, -0.15) is 4.57 Å². The van der Waals surface area contributed by atoms with Crippen LogP contribution in [0.4, 0.5) is 0 Å². The van der Waals surface area contributed by atoms with E-state index in [2.05, 4.69) is 9.97 Å². The number of pyridine rings is 1. The molecule has 2 heterocycles. The maximum Gasteiger partial charge on any atom is 0.259 e. The molecule has 3 aromatic rings. The second kappa shape index (κ2) is 6.08. The molecule has 0 saturated carbocycles. The number of aromatic nitrogens is 3. The van der Waals surface area contributed by atoms with Gasteiger partial charge in [0.25, 0.3) is 5.56 Å². The van der Waals surface area contributed by atoms with Crippen molar-refractivity contribution in [3.8, 4) is 11.5 Å². The molecule has 6 heteroatoms. The molecule has 1 N–H and O–H groups in total. The van der Waals surface area contributed by atoms with Crippen LogP contribution >= 0.6 is 0 Å². The Morgan fingerprint density at radius 3 is 2.43 bits per heavy atom. The highest BCUT2D eigenvalue weighted by Crippen LogP contribution is 2.29. The van der Waals surface area contributed by atoms with Crippen LogP contribution in [0.3, 0.4) is 0 Å². The predicted octanol–water partition coefficient (Wildman–Crippen LogP) is 1.58. The third kappa shape index (κ3) is 3.01. The summed E-state index contributed by atoms with van der Waals surface area (Å²) in [6.45, 7) is 2.51. The van der Waals surface area contributed by atoms with Gasteiger partial charge in [0, 0.05) is 18.2 Å². The van der Waals surface area contributed by atoms with Crippen LogP contribution in [-0.4, -0.2) is 24.2 Å². The van der Waals surface area contributed by atoms with E-state index >= 15 is 0 Å². The molecule has 0 aliphatic rings. The monoisotopic (exact) mass is 312 g/mol. The maximum absolute atomic E-state index is 12.3. The summed E-state index contributed by atoms with van der Waals surface area (Å²) < 4.78 is 12.5. The topological polar surface area (TPSA) is 68.1 Å². The van der Waals surface area contributed by atoms with Gasteiger partial charge in [0.2, 0.25) is 6.54 Å². The Balaban J connectivity index is 2.06. The lowest BCUT2D eigenvalue weighted by Crippen LogP contribution is -2.35. The average Bonchev–Trinajstić information content (AvgIpc) is 2.56. The molecule has 3 rings (SSSR count). The van der Waals surface area contributed by atoms with Gasteiger partial charge in [-0.3, -0.25) is 4.79 Å². The van der Waals surface area contributed by atoms with Crippen molar-refractivity contribution >= 4 is 10.9 Å². The van der Waals surface area contributed by atoms with Crippen molar-refractivity contribution in [1.82, 2.24) is 9.97 Å². The van der Waals surface area contributed by atoms with E-state index in [-0.39, 0.29) is 5.56 Å². The van der Waals surface area contributed by atoms with E-state index in [0.717, 1.165) is 0 Å². The number of H-pyrrole nitrogens is 1. The van der Waals surface area contributed by atoms with Crippen molar-refractivity contribution in [3.63, 3.8) is 0 Å². The molecule has 0 radical (unpaired) electrons. The minimum atomic E-state index is -0.196. The van der Waals surface area contributed by atoms with E-state index in [4.69, 9.17) is 9.47 Å². The highest BCUT2D eigenvalue weighted by atomic mass is 16.5. The molecule has 0 saturated heterocycles. The Morgan fingerprint density at radius 2 is 1.78 bits per heavy atom. The van der Waals surface area contributed by atoms with Crippen molar-refractivity contribution in [2.24, 2.45) is 0 Å². The summed E-state index contributed by atoms with van der Waals surface area (Å²) in [5.41, 5.74) is 1.56. The van der Waals surface area contributed by atoms with Gasteiger partial charge in [-0.15, -0.1) is 0 Å². The van der Waals surface area contributed by atoms with Crippen molar-refractivity contribution in [1.29, 1.82) is 0 Å². The van der Waals surface area contributed by atoms with Crippen molar-refractivity contribution in [3.05, 3.63) is 58.4 Å². The van der Waals surface area contributed by atoms with Crippen molar-refractivity contribution in [2.45, 2.75) is 13.5 Å². The number of aryl methyl sites for hydroxylation is 1. The first kappa shape index (κ1) is 15.0. The average molecular weight is 312 g/mol. The van der Waals surface area contributed by atoms with Crippen LogP contribution in [0.2, 0.25) is 0 Å². The lowest BCUT2D eigenvalue weighted by atomic mass is 10.2. The quantitative estimate of drug-likeness (QED) is 0.743. The first-order valence-corrected chi connectivity index (χ1v) is 7.21. The Bertz CT molecular complexity index is 901. The second-order valence-corrected chi connectivity index (χ2v) is 5.28. The number of benzene rings is 1. The van der Waals surface area contributed by atoms with Crippen LogP contribution in [0, 0.1) is 6.92 Å². The molecule has 0 fully saturated rings. The SMILES string of the molecule is COc1cc2nc(C[n+]3ccc(C)cc3)[nH]c(=O)c2cc1OC. The summed E-state index contributed by atoms with van der Waals surface area (Å²) in [7, 11) is 3.09. The number of nitrogens with one attached hydrogen (secondary N) is 1. The zero-order valence-corrected chi connectivity index (χ0v) is 13.3. The standard InChI is InChI=1S/C17H17N3O3/c1-11-4-6-20(7-5-11)10-16-18-13-9-15(23-3)14(22-2)8-12(13)17(21)19-16/h4-9H,10H2,1-3H3/p+1. The molecular weight excluding hydrogens is 294 g/mol. The highest BCUT2D eigenvalue weighted by Gasteiger charge is 2.12. The largest absolute Gasteiger partial charge is 0.493 e. The Kier molecular flexibility index (Phi) is 3.97. The smallest absolute Gasteiger partial charge is 0.259 e. The van der Waals surface area contributed by atoms with Crippen LogP contribution in [0.15, 0.2) is 41.5 Å². The minimum Gasteiger partial charge on any atom is -0.493 e. The molecule has 6 nitrogen and oxygen atoms in total. The van der Waals surface area contributed by atoms with Gasteiger partial charge in [0.1, 0.15) is 0 Å². The number of hydrogen-bond donors (Lipinski definition) is 1. The van der Waals surface area contributed by atoms with Gasteiger partial charge in [0.15, 0.2) is 29.7 Å². The van der Waals surface area contributed by atoms with Crippen LogP contribution in [0.25, 0.3) is 10.9 Å². The molecule has 23 heavy (non-hydrogen) atoms. The molecule has 0 bridgehead atoms. The number of rotatable bonds is 4. The minimum absolute atomic E-state index is 0.196. The van der Waals surface area contributed by atoms with Gasteiger partial charge in [-0.05, 0) is 18.6 Å². The summed E-state index contributed by atoms with van der Waals surface area (Å²) in [5.74, 6) is 1.64. The van der Waals surface area contributed by atoms with E-state index < -0.39 is 0 Å². The third-order valence-corrected chi connectivity index (χ3v) is 3.65. The normalized spacial score (nSPS) is 10.7. The van der Waals surface area contributed by atoms with Gasteiger partial charge >= 0.3 is 0 Å². The summed E-state index contributed by atoms with van der Waals surface area (Å²) in [4.78, 5) is 19.7. The number of fused-ring (bicyclic) bond motifs is 1. The highest BCUT2D eigenvalue weighted by molar-refractivity contribution is 5.81. The predicted molar refractivity (Wildman–Crippen MR) is 85.9 cm³/mol. The summed E-state index contributed by atoms with van der Waals surface area (Å²) in [6.07, 6.45) is 3.91. The van der Waals surface area contributed by atoms with Crippen molar-refractivity contribution in [2.75, 3.05) is 14.2 Å². The van der Waals surface area contributed by atoms with Gasteiger partial charge in [0.05, 0.1) is 25.1 Å². The summed E-state index contributed by atoms with van der Waals surface area (Å²) in [5, 5.41) is 0.473. The van der Waals surface area contributed by atoms with Gasteiger partial charge < -0.3 is 14.5 Å². The number of methoxy groups -OCH3 is 2. The molecule has 0 atom stereocenters. The fourth-order valence-electron chi connectivity index (χ4n) is 2.40. The molecule has 118 valence electrons. The molecule has 0 aliphatic carbocycles. The van der Waals surface area contributed by atoms with Gasteiger partial charge in [-0.1, -0.05) is 0 Å². The molecule has 0 unspecified atom stereocenters. The maximum atomic E-state index is 12.3. The lowest BCUT2D eigenvalue weighted by molar-refractivity contribution is -0.689. The first-order chi connectivity index (χ1) is 11.1. The van der Waals surface area contributed by atoms with Crippen LogP contribution in [-0.2, 0) is 6.54 Å². The number of ether oxygens (including phenoxy) is 2. The summed E-state index contributed by atoms with van der Waals surface area (Å²) in [6, 6.07) is 7.37. The van der Waals surface area contributed by atoms with Crippen LogP contribution < -0.4 is 19.6 Å².